The predicted molar refractivity (Wildman–Crippen MR) is 64.9 cm³/mol. The number of hydrogen-bond acceptors (Lipinski definition) is 3. The van der Waals surface area contributed by atoms with Crippen LogP contribution in [0.5, 0.6) is 0 Å². The Labute approximate surface area is 99.6 Å². The first-order valence-corrected chi connectivity index (χ1v) is 6.59. The van der Waals surface area contributed by atoms with Gasteiger partial charge in [0.1, 0.15) is 0 Å². The van der Waals surface area contributed by atoms with Crippen LogP contribution in [0.4, 0.5) is 0 Å². The zero-order valence-corrected chi connectivity index (χ0v) is 10.2. The fraction of sp³-hybridized carbons (Fsp3) is 0.636. The highest BCUT2D eigenvalue weighted by Crippen LogP contribution is 2.21. The van der Waals surface area contributed by atoms with Gasteiger partial charge in [0.25, 0.3) is 0 Å². The minimum atomic E-state index is 0.647. The molecule has 1 aliphatic heterocycles. The summed E-state index contributed by atoms with van der Waals surface area (Å²) in [5.41, 5.74) is 0. The Morgan fingerprint density at radius 2 is 2.20 bits per heavy atom. The molecule has 1 aromatic heterocycles. The molecule has 0 atom stereocenters. The quantitative estimate of drug-likeness (QED) is 0.881. The second kappa shape index (κ2) is 5.85. The van der Waals surface area contributed by atoms with Gasteiger partial charge in [-0.2, -0.15) is 0 Å². The molecule has 0 spiro atoms. The molecule has 1 aliphatic rings. The Morgan fingerprint density at radius 1 is 1.40 bits per heavy atom. The smallest absolute Gasteiger partial charge is 0.0931 e. The normalized spacial score (nSPS) is 18.2. The molecule has 0 bridgehead atoms. The third-order valence-electron chi connectivity index (χ3n) is 2.65. The van der Waals surface area contributed by atoms with Crippen LogP contribution in [0.15, 0.2) is 12.1 Å². The van der Waals surface area contributed by atoms with Crippen molar-refractivity contribution in [1.82, 2.24) is 5.32 Å². The maximum Gasteiger partial charge on any atom is 0.0931 e. The molecule has 2 heterocycles. The van der Waals surface area contributed by atoms with E-state index in [9.17, 15) is 0 Å². The lowest BCUT2D eigenvalue weighted by atomic mass is 10.1. The van der Waals surface area contributed by atoms with E-state index < -0.39 is 0 Å². The highest BCUT2D eigenvalue weighted by Gasteiger charge is 2.12. The van der Waals surface area contributed by atoms with E-state index in [0.717, 1.165) is 43.4 Å². The lowest BCUT2D eigenvalue weighted by Crippen LogP contribution is -2.35. The summed E-state index contributed by atoms with van der Waals surface area (Å²) in [4.78, 5) is 1.36. The lowest BCUT2D eigenvalue weighted by molar-refractivity contribution is 0.0782. The van der Waals surface area contributed by atoms with Crippen molar-refractivity contribution in [3.63, 3.8) is 0 Å². The largest absolute Gasteiger partial charge is 0.381 e. The van der Waals surface area contributed by atoms with E-state index in [1.807, 2.05) is 6.07 Å². The number of halogens is 1. The fourth-order valence-corrected chi connectivity index (χ4v) is 2.87. The number of thiophene rings is 1. The van der Waals surface area contributed by atoms with Gasteiger partial charge in [-0.05, 0) is 31.4 Å². The van der Waals surface area contributed by atoms with Gasteiger partial charge in [-0.3, -0.25) is 0 Å². The zero-order chi connectivity index (χ0) is 10.5. The van der Waals surface area contributed by atoms with E-state index in [4.69, 9.17) is 16.3 Å². The summed E-state index contributed by atoms with van der Waals surface area (Å²) >= 11 is 7.54. The van der Waals surface area contributed by atoms with Gasteiger partial charge in [-0.1, -0.05) is 11.6 Å². The Morgan fingerprint density at radius 3 is 2.87 bits per heavy atom. The predicted octanol–water partition coefficient (Wildman–Crippen LogP) is 2.71. The average Bonchev–Trinajstić information content (AvgIpc) is 2.66. The topological polar surface area (TPSA) is 21.3 Å². The SMILES string of the molecule is Clc1ccc(CCNC2CCOCC2)s1. The zero-order valence-electron chi connectivity index (χ0n) is 8.67. The van der Waals surface area contributed by atoms with Crippen LogP contribution in [0.1, 0.15) is 17.7 Å². The second-order valence-corrected chi connectivity index (χ2v) is 5.60. The molecule has 1 aromatic rings. The van der Waals surface area contributed by atoms with E-state index in [0.29, 0.717) is 6.04 Å². The van der Waals surface area contributed by atoms with Gasteiger partial charge in [-0.15, -0.1) is 11.3 Å². The van der Waals surface area contributed by atoms with Crippen molar-refractivity contribution >= 4 is 22.9 Å². The minimum absolute atomic E-state index is 0.647. The first-order chi connectivity index (χ1) is 7.34. The third kappa shape index (κ3) is 3.76. The Hall–Kier alpha value is -0.0900. The van der Waals surface area contributed by atoms with Gasteiger partial charge in [0.05, 0.1) is 4.34 Å². The van der Waals surface area contributed by atoms with E-state index >= 15 is 0 Å². The monoisotopic (exact) mass is 245 g/mol. The number of nitrogens with one attached hydrogen (secondary N) is 1. The van der Waals surface area contributed by atoms with E-state index in [-0.39, 0.29) is 0 Å². The molecule has 84 valence electrons. The third-order valence-corrected chi connectivity index (χ3v) is 3.95. The standard InChI is InChI=1S/C11H16ClNOS/c12-11-2-1-10(15-11)3-6-13-9-4-7-14-8-5-9/h1-2,9,13H,3-8H2. The molecule has 0 aliphatic carbocycles. The Balaban J connectivity index is 1.65. The van der Waals surface area contributed by atoms with E-state index in [1.165, 1.54) is 4.88 Å². The van der Waals surface area contributed by atoms with Crippen LogP contribution in [0.25, 0.3) is 0 Å². The van der Waals surface area contributed by atoms with Crippen LogP contribution in [-0.4, -0.2) is 25.8 Å². The van der Waals surface area contributed by atoms with Crippen molar-refractivity contribution in [2.24, 2.45) is 0 Å². The van der Waals surface area contributed by atoms with Crippen LogP contribution in [-0.2, 0) is 11.2 Å². The molecular formula is C11H16ClNOS. The minimum Gasteiger partial charge on any atom is -0.381 e. The van der Waals surface area contributed by atoms with Crippen LogP contribution < -0.4 is 5.32 Å². The van der Waals surface area contributed by atoms with Crippen molar-refractivity contribution in [1.29, 1.82) is 0 Å². The molecule has 2 rings (SSSR count). The summed E-state index contributed by atoms with van der Waals surface area (Å²) < 4.78 is 6.20. The highest BCUT2D eigenvalue weighted by molar-refractivity contribution is 7.16. The molecule has 1 fully saturated rings. The number of hydrogen-bond donors (Lipinski definition) is 1. The van der Waals surface area contributed by atoms with Crippen LogP contribution in [0.3, 0.4) is 0 Å². The Kier molecular flexibility index (Phi) is 4.44. The van der Waals surface area contributed by atoms with Crippen molar-refractivity contribution in [3.05, 3.63) is 21.3 Å². The molecule has 15 heavy (non-hydrogen) atoms. The van der Waals surface area contributed by atoms with E-state index in [2.05, 4.69) is 11.4 Å². The summed E-state index contributed by atoms with van der Waals surface area (Å²) in [7, 11) is 0. The lowest BCUT2D eigenvalue weighted by Gasteiger charge is -2.22. The second-order valence-electron chi connectivity index (χ2n) is 3.80. The molecule has 4 heteroatoms. The van der Waals surface area contributed by atoms with Gasteiger partial charge in [0, 0.05) is 30.7 Å². The first-order valence-electron chi connectivity index (χ1n) is 5.40. The molecule has 2 nitrogen and oxygen atoms in total. The van der Waals surface area contributed by atoms with Crippen LogP contribution in [0, 0.1) is 0 Å². The van der Waals surface area contributed by atoms with Crippen molar-refractivity contribution in [2.45, 2.75) is 25.3 Å². The molecule has 0 saturated carbocycles. The van der Waals surface area contributed by atoms with Gasteiger partial charge < -0.3 is 10.1 Å². The fourth-order valence-electron chi connectivity index (χ4n) is 1.79. The molecule has 0 amide bonds. The summed E-state index contributed by atoms with van der Waals surface area (Å²) in [6.45, 7) is 2.85. The Bertz CT molecular complexity index is 297. The summed E-state index contributed by atoms with van der Waals surface area (Å²) in [6, 6.07) is 4.73. The van der Waals surface area contributed by atoms with Gasteiger partial charge in [0.15, 0.2) is 0 Å². The van der Waals surface area contributed by atoms with Gasteiger partial charge in [-0.25, -0.2) is 0 Å². The van der Waals surface area contributed by atoms with Gasteiger partial charge >= 0.3 is 0 Å². The molecule has 1 saturated heterocycles. The number of rotatable bonds is 4. The van der Waals surface area contributed by atoms with E-state index in [1.54, 1.807) is 11.3 Å². The summed E-state index contributed by atoms with van der Waals surface area (Å²) in [5, 5.41) is 3.56. The van der Waals surface area contributed by atoms with Crippen molar-refractivity contribution < 1.29 is 4.74 Å². The highest BCUT2D eigenvalue weighted by atomic mass is 35.5. The molecular weight excluding hydrogens is 230 g/mol. The summed E-state index contributed by atoms with van der Waals surface area (Å²) in [6.07, 6.45) is 3.37. The molecule has 0 radical (unpaired) electrons. The molecule has 0 aromatic carbocycles. The average molecular weight is 246 g/mol. The van der Waals surface area contributed by atoms with Crippen molar-refractivity contribution in [2.75, 3.05) is 19.8 Å². The van der Waals surface area contributed by atoms with Crippen molar-refractivity contribution in [3.8, 4) is 0 Å². The maximum absolute atomic E-state index is 5.87. The first kappa shape index (κ1) is 11.4. The number of ether oxygens (including phenoxy) is 1. The maximum atomic E-state index is 5.87. The van der Waals surface area contributed by atoms with Crippen LogP contribution >= 0.6 is 22.9 Å². The molecule has 1 N–H and O–H groups in total. The summed E-state index contributed by atoms with van der Waals surface area (Å²) in [5.74, 6) is 0. The molecule has 0 unspecified atom stereocenters. The van der Waals surface area contributed by atoms with Gasteiger partial charge in [0.2, 0.25) is 0 Å². The van der Waals surface area contributed by atoms with Crippen LogP contribution in [0.2, 0.25) is 4.34 Å².